The zero-order chi connectivity index (χ0) is 11.4. The Hall–Kier alpha value is -1.28. The van der Waals surface area contributed by atoms with Crippen LogP contribution in [0.4, 0.5) is 0 Å². The lowest BCUT2D eigenvalue weighted by atomic mass is 10.0. The van der Waals surface area contributed by atoms with Crippen molar-refractivity contribution in [3.8, 4) is 5.75 Å². The van der Waals surface area contributed by atoms with Gasteiger partial charge < -0.3 is 10.4 Å². The molecule has 2 nitrogen and oxygen atoms in total. The van der Waals surface area contributed by atoms with Gasteiger partial charge in [-0.2, -0.15) is 0 Å². The van der Waals surface area contributed by atoms with Crippen LogP contribution in [-0.2, 0) is 6.54 Å². The summed E-state index contributed by atoms with van der Waals surface area (Å²) in [5.41, 5.74) is 1.93. The summed E-state index contributed by atoms with van der Waals surface area (Å²) in [5, 5.41) is 13.3. The molecule has 0 aliphatic heterocycles. The molecule has 1 aliphatic carbocycles. The monoisotopic (exact) mass is 217 g/mol. The zero-order valence-electron chi connectivity index (χ0n) is 9.74. The first kappa shape index (κ1) is 11.2. The third-order valence-corrected chi connectivity index (χ3v) is 3.13. The highest BCUT2D eigenvalue weighted by molar-refractivity contribution is 5.39. The Morgan fingerprint density at radius 2 is 2.31 bits per heavy atom. The van der Waals surface area contributed by atoms with Gasteiger partial charge in [-0.25, -0.2) is 0 Å². The van der Waals surface area contributed by atoms with Gasteiger partial charge >= 0.3 is 0 Å². The summed E-state index contributed by atoms with van der Waals surface area (Å²) in [6.45, 7) is 2.67. The van der Waals surface area contributed by atoms with Crippen LogP contribution in [0.5, 0.6) is 5.75 Å². The number of phenolic OH excluding ortho intramolecular Hbond substituents is 1. The SMILES string of the molecule is Cc1cccc(CNC2C=CCCC2)c1O. The van der Waals surface area contributed by atoms with E-state index in [4.69, 9.17) is 0 Å². The topological polar surface area (TPSA) is 32.3 Å². The lowest BCUT2D eigenvalue weighted by Gasteiger charge is -2.18. The van der Waals surface area contributed by atoms with E-state index >= 15 is 0 Å². The molecule has 16 heavy (non-hydrogen) atoms. The Morgan fingerprint density at radius 1 is 1.44 bits per heavy atom. The van der Waals surface area contributed by atoms with E-state index in [9.17, 15) is 5.11 Å². The number of hydrogen-bond acceptors (Lipinski definition) is 2. The van der Waals surface area contributed by atoms with Crippen molar-refractivity contribution in [3.05, 3.63) is 41.5 Å². The smallest absolute Gasteiger partial charge is 0.122 e. The van der Waals surface area contributed by atoms with Crippen LogP contribution in [0.15, 0.2) is 30.4 Å². The molecule has 1 unspecified atom stereocenters. The third-order valence-electron chi connectivity index (χ3n) is 3.13. The minimum atomic E-state index is 0.426. The largest absolute Gasteiger partial charge is 0.507 e. The van der Waals surface area contributed by atoms with Gasteiger partial charge in [-0.1, -0.05) is 30.4 Å². The van der Waals surface area contributed by atoms with Crippen LogP contribution >= 0.6 is 0 Å². The zero-order valence-corrected chi connectivity index (χ0v) is 9.74. The Morgan fingerprint density at radius 3 is 3.06 bits per heavy atom. The van der Waals surface area contributed by atoms with E-state index in [1.165, 1.54) is 19.3 Å². The van der Waals surface area contributed by atoms with Crippen LogP contribution in [0.2, 0.25) is 0 Å². The van der Waals surface area contributed by atoms with Crippen LogP contribution < -0.4 is 5.32 Å². The van der Waals surface area contributed by atoms with Crippen molar-refractivity contribution in [1.82, 2.24) is 5.32 Å². The molecule has 2 rings (SSSR count). The van der Waals surface area contributed by atoms with Crippen molar-refractivity contribution in [2.45, 2.75) is 38.8 Å². The number of allylic oxidation sites excluding steroid dienone is 1. The number of hydrogen-bond donors (Lipinski definition) is 2. The first-order valence-corrected chi connectivity index (χ1v) is 5.95. The van der Waals surface area contributed by atoms with E-state index in [2.05, 4.69) is 17.5 Å². The van der Waals surface area contributed by atoms with Crippen molar-refractivity contribution >= 4 is 0 Å². The molecule has 1 aromatic rings. The van der Waals surface area contributed by atoms with Crippen LogP contribution in [0, 0.1) is 6.92 Å². The second-order valence-corrected chi connectivity index (χ2v) is 4.43. The molecule has 0 saturated carbocycles. The molecule has 0 heterocycles. The van der Waals surface area contributed by atoms with Crippen molar-refractivity contribution in [2.24, 2.45) is 0 Å². The maximum absolute atomic E-state index is 9.87. The molecule has 0 amide bonds. The van der Waals surface area contributed by atoms with E-state index in [1.807, 2.05) is 25.1 Å². The molecule has 86 valence electrons. The van der Waals surface area contributed by atoms with Gasteiger partial charge in [0.1, 0.15) is 5.75 Å². The van der Waals surface area contributed by atoms with Gasteiger partial charge in [-0.05, 0) is 31.7 Å². The van der Waals surface area contributed by atoms with Gasteiger partial charge in [-0.15, -0.1) is 0 Å². The highest BCUT2D eigenvalue weighted by Gasteiger charge is 2.09. The predicted octanol–water partition coefficient (Wildman–Crippen LogP) is 2.90. The average molecular weight is 217 g/mol. The summed E-state index contributed by atoms with van der Waals surface area (Å²) < 4.78 is 0. The molecular weight excluding hydrogens is 198 g/mol. The number of aromatic hydroxyl groups is 1. The van der Waals surface area contributed by atoms with Crippen LogP contribution in [0.3, 0.4) is 0 Å². The van der Waals surface area contributed by atoms with Gasteiger partial charge in [0.05, 0.1) is 0 Å². The lowest BCUT2D eigenvalue weighted by molar-refractivity contribution is 0.453. The van der Waals surface area contributed by atoms with Gasteiger partial charge in [0.15, 0.2) is 0 Å². The lowest BCUT2D eigenvalue weighted by Crippen LogP contribution is -2.27. The summed E-state index contributed by atoms with van der Waals surface area (Å²) in [7, 11) is 0. The normalized spacial score (nSPS) is 19.9. The van der Waals surface area contributed by atoms with Crippen molar-refractivity contribution in [2.75, 3.05) is 0 Å². The van der Waals surface area contributed by atoms with E-state index in [0.717, 1.165) is 17.7 Å². The maximum Gasteiger partial charge on any atom is 0.122 e. The van der Waals surface area contributed by atoms with Gasteiger partial charge in [0, 0.05) is 18.2 Å². The average Bonchev–Trinajstić information content (AvgIpc) is 2.32. The Balaban J connectivity index is 1.96. The summed E-state index contributed by atoms with van der Waals surface area (Å²) in [6.07, 6.45) is 8.12. The number of phenols is 1. The molecular formula is C14H19NO. The molecule has 0 aromatic heterocycles. The molecule has 0 bridgehead atoms. The fraction of sp³-hybridized carbons (Fsp3) is 0.429. The molecule has 1 aliphatic rings. The summed E-state index contributed by atoms with van der Waals surface area (Å²) in [6, 6.07) is 6.36. The summed E-state index contributed by atoms with van der Waals surface area (Å²) >= 11 is 0. The molecule has 1 atom stereocenters. The second kappa shape index (κ2) is 5.17. The first-order valence-electron chi connectivity index (χ1n) is 5.95. The van der Waals surface area contributed by atoms with Crippen LogP contribution in [-0.4, -0.2) is 11.1 Å². The molecule has 2 N–H and O–H groups in total. The minimum Gasteiger partial charge on any atom is -0.507 e. The summed E-state index contributed by atoms with van der Waals surface area (Å²) in [5.74, 6) is 0.426. The second-order valence-electron chi connectivity index (χ2n) is 4.43. The van der Waals surface area contributed by atoms with E-state index in [-0.39, 0.29) is 0 Å². The van der Waals surface area contributed by atoms with E-state index < -0.39 is 0 Å². The minimum absolute atomic E-state index is 0.426. The Bertz CT molecular complexity index is 384. The molecule has 0 spiro atoms. The standard InChI is InChI=1S/C14H19NO/c1-11-6-5-7-12(14(11)16)10-15-13-8-3-2-4-9-13/h3,5-8,13,15-16H,2,4,9-10H2,1H3. The molecule has 2 heteroatoms. The molecule has 0 fully saturated rings. The van der Waals surface area contributed by atoms with E-state index in [1.54, 1.807) is 0 Å². The summed E-state index contributed by atoms with van der Waals surface area (Å²) in [4.78, 5) is 0. The number of benzene rings is 1. The first-order chi connectivity index (χ1) is 7.77. The molecule has 1 aromatic carbocycles. The van der Waals surface area contributed by atoms with E-state index in [0.29, 0.717) is 11.8 Å². The van der Waals surface area contributed by atoms with Gasteiger partial charge in [0.2, 0.25) is 0 Å². The number of nitrogens with one attached hydrogen (secondary N) is 1. The van der Waals surface area contributed by atoms with Crippen molar-refractivity contribution in [1.29, 1.82) is 0 Å². The van der Waals surface area contributed by atoms with Crippen LogP contribution in [0.1, 0.15) is 30.4 Å². The van der Waals surface area contributed by atoms with Crippen molar-refractivity contribution < 1.29 is 5.11 Å². The third kappa shape index (κ3) is 2.64. The fourth-order valence-electron chi connectivity index (χ4n) is 2.09. The van der Waals surface area contributed by atoms with Crippen LogP contribution in [0.25, 0.3) is 0 Å². The number of rotatable bonds is 3. The number of aryl methyl sites for hydroxylation is 1. The maximum atomic E-state index is 9.87. The highest BCUT2D eigenvalue weighted by atomic mass is 16.3. The predicted molar refractivity (Wildman–Crippen MR) is 66.5 cm³/mol. The quantitative estimate of drug-likeness (QED) is 0.763. The van der Waals surface area contributed by atoms with Gasteiger partial charge in [0.25, 0.3) is 0 Å². The van der Waals surface area contributed by atoms with Crippen molar-refractivity contribution in [3.63, 3.8) is 0 Å². The Labute approximate surface area is 97.0 Å². The van der Waals surface area contributed by atoms with Gasteiger partial charge in [-0.3, -0.25) is 0 Å². The number of para-hydroxylation sites is 1. The Kier molecular flexibility index (Phi) is 3.62. The highest BCUT2D eigenvalue weighted by Crippen LogP contribution is 2.21. The molecule has 0 saturated heterocycles. The molecule has 0 radical (unpaired) electrons. The fourth-order valence-corrected chi connectivity index (χ4v) is 2.09.